The summed E-state index contributed by atoms with van der Waals surface area (Å²) in [4.78, 5) is 9.02. The van der Waals surface area contributed by atoms with E-state index in [9.17, 15) is 5.11 Å². The summed E-state index contributed by atoms with van der Waals surface area (Å²) in [5, 5.41) is 15.1. The molecule has 1 aromatic carbocycles. The second-order valence-corrected chi connectivity index (χ2v) is 7.52. The quantitative estimate of drug-likeness (QED) is 0.439. The highest BCUT2D eigenvalue weighted by molar-refractivity contribution is 6.36. The first-order valence-electron chi connectivity index (χ1n) is 8.73. The minimum absolute atomic E-state index is 0.467. The van der Waals surface area contributed by atoms with Gasteiger partial charge in [0.1, 0.15) is 11.5 Å². The summed E-state index contributed by atoms with van der Waals surface area (Å²) in [7, 11) is 0. The molecule has 0 aliphatic heterocycles. The molecular formula is C21H18Cl2N4O. The van der Waals surface area contributed by atoms with Crippen LogP contribution in [0.4, 0.5) is 5.82 Å². The molecule has 0 saturated heterocycles. The van der Waals surface area contributed by atoms with Gasteiger partial charge in [-0.15, -0.1) is 0 Å². The molecule has 1 atom stereocenters. The first-order chi connectivity index (χ1) is 13.4. The molecular weight excluding hydrogens is 395 g/mol. The van der Waals surface area contributed by atoms with Crippen molar-refractivity contribution in [2.45, 2.75) is 20.1 Å². The van der Waals surface area contributed by atoms with E-state index in [1.165, 1.54) is 0 Å². The van der Waals surface area contributed by atoms with Gasteiger partial charge < -0.3 is 10.4 Å². The number of aliphatic hydroxyl groups is 1. The Morgan fingerprint density at radius 1 is 1.04 bits per heavy atom. The van der Waals surface area contributed by atoms with E-state index < -0.39 is 6.23 Å². The number of benzene rings is 1. The number of aromatic nitrogens is 3. The fraction of sp³-hybridized carbons (Fsp3) is 0.143. The van der Waals surface area contributed by atoms with Crippen LogP contribution < -0.4 is 5.32 Å². The number of nitrogens with zero attached hydrogens (tertiary/aromatic N) is 3. The molecule has 5 nitrogen and oxygen atoms in total. The summed E-state index contributed by atoms with van der Waals surface area (Å²) in [6.07, 6.45) is 2.62. The Kier molecular flexibility index (Phi) is 4.98. The van der Waals surface area contributed by atoms with Gasteiger partial charge in [-0.2, -0.15) is 0 Å². The normalized spacial score (nSPS) is 12.3. The van der Waals surface area contributed by atoms with E-state index in [4.69, 9.17) is 28.2 Å². The van der Waals surface area contributed by atoms with Gasteiger partial charge in [0, 0.05) is 23.0 Å². The molecule has 0 saturated carbocycles. The van der Waals surface area contributed by atoms with Crippen LogP contribution in [0.3, 0.4) is 0 Å². The van der Waals surface area contributed by atoms with Crippen LogP contribution in [-0.4, -0.2) is 19.5 Å². The number of rotatable bonds is 4. The summed E-state index contributed by atoms with van der Waals surface area (Å²) >= 11 is 12.5. The second kappa shape index (κ2) is 7.43. The molecule has 0 fully saturated rings. The number of pyridine rings is 2. The van der Waals surface area contributed by atoms with Gasteiger partial charge in [-0.1, -0.05) is 35.3 Å². The topological polar surface area (TPSA) is 62.5 Å². The maximum atomic E-state index is 11.0. The van der Waals surface area contributed by atoms with Crippen molar-refractivity contribution in [1.82, 2.24) is 14.4 Å². The largest absolute Gasteiger partial charge is 0.368 e. The maximum Gasteiger partial charge on any atom is 0.169 e. The number of imidazole rings is 1. The van der Waals surface area contributed by atoms with Gasteiger partial charge >= 0.3 is 0 Å². The zero-order valence-electron chi connectivity index (χ0n) is 15.3. The SMILES string of the molecule is Cc1ccc(NC(O)c2c(-c3ccc(Cl)cc3Cl)nc3ccc(C)cn23)nc1. The van der Waals surface area contributed by atoms with Crippen LogP contribution in [0.1, 0.15) is 23.0 Å². The number of aliphatic hydroxyl groups excluding tert-OH is 1. The van der Waals surface area contributed by atoms with Crippen molar-refractivity contribution in [2.75, 3.05) is 5.32 Å². The van der Waals surface area contributed by atoms with Gasteiger partial charge in [0.25, 0.3) is 0 Å². The van der Waals surface area contributed by atoms with E-state index >= 15 is 0 Å². The molecule has 0 aliphatic rings. The van der Waals surface area contributed by atoms with Gasteiger partial charge in [-0.25, -0.2) is 9.97 Å². The van der Waals surface area contributed by atoms with Crippen LogP contribution >= 0.6 is 23.2 Å². The molecule has 4 aromatic rings. The van der Waals surface area contributed by atoms with Crippen molar-refractivity contribution in [3.05, 3.63) is 81.7 Å². The minimum atomic E-state index is -1.05. The number of halogens is 2. The Morgan fingerprint density at radius 3 is 2.54 bits per heavy atom. The Hall–Kier alpha value is -2.60. The maximum absolute atomic E-state index is 11.0. The predicted octanol–water partition coefficient (Wildman–Crippen LogP) is 5.42. The standard InChI is InChI=1S/C21H18Cl2N4O/c1-12-3-7-17(24-10-12)25-21(28)20-19(15-6-5-14(22)9-16(15)23)26-18-8-4-13(2)11-27(18)20/h3-11,21,28H,1-2H3,(H,24,25). The second-order valence-electron chi connectivity index (χ2n) is 6.67. The molecule has 0 bridgehead atoms. The van der Waals surface area contributed by atoms with Crippen molar-refractivity contribution >= 4 is 34.7 Å². The molecule has 7 heteroatoms. The van der Waals surface area contributed by atoms with Crippen LogP contribution in [0.2, 0.25) is 10.0 Å². The summed E-state index contributed by atoms with van der Waals surface area (Å²) < 4.78 is 1.86. The van der Waals surface area contributed by atoms with Gasteiger partial charge in [0.15, 0.2) is 6.23 Å². The molecule has 2 N–H and O–H groups in total. The number of anilines is 1. The first-order valence-corrected chi connectivity index (χ1v) is 9.49. The van der Waals surface area contributed by atoms with Crippen molar-refractivity contribution in [2.24, 2.45) is 0 Å². The minimum Gasteiger partial charge on any atom is -0.368 e. The number of nitrogens with one attached hydrogen (secondary N) is 1. The van der Waals surface area contributed by atoms with E-state index in [1.54, 1.807) is 24.4 Å². The van der Waals surface area contributed by atoms with Crippen molar-refractivity contribution in [1.29, 1.82) is 0 Å². The average Bonchev–Trinajstić information content (AvgIpc) is 3.02. The highest BCUT2D eigenvalue weighted by Gasteiger charge is 2.23. The zero-order chi connectivity index (χ0) is 19.8. The third kappa shape index (κ3) is 3.56. The number of hydrogen-bond donors (Lipinski definition) is 2. The predicted molar refractivity (Wildman–Crippen MR) is 113 cm³/mol. The van der Waals surface area contributed by atoms with E-state index in [2.05, 4.69) is 10.3 Å². The van der Waals surface area contributed by atoms with E-state index in [1.807, 2.05) is 48.7 Å². The Morgan fingerprint density at radius 2 is 1.82 bits per heavy atom. The van der Waals surface area contributed by atoms with Gasteiger partial charge in [-0.05, 0) is 55.3 Å². The third-order valence-electron chi connectivity index (χ3n) is 4.44. The Labute approximate surface area is 172 Å². The Bertz CT molecular complexity index is 1160. The lowest BCUT2D eigenvalue weighted by Gasteiger charge is -2.16. The summed E-state index contributed by atoms with van der Waals surface area (Å²) in [6.45, 7) is 3.95. The third-order valence-corrected chi connectivity index (χ3v) is 4.99. The van der Waals surface area contributed by atoms with E-state index in [0.29, 0.717) is 38.5 Å². The van der Waals surface area contributed by atoms with Crippen LogP contribution in [0.5, 0.6) is 0 Å². The number of hydrogen-bond acceptors (Lipinski definition) is 4. The molecule has 142 valence electrons. The fourth-order valence-electron chi connectivity index (χ4n) is 3.07. The van der Waals surface area contributed by atoms with Crippen molar-refractivity contribution < 1.29 is 5.11 Å². The van der Waals surface area contributed by atoms with Gasteiger partial charge in [0.2, 0.25) is 0 Å². The van der Waals surface area contributed by atoms with Crippen molar-refractivity contribution in [3.8, 4) is 11.3 Å². The smallest absolute Gasteiger partial charge is 0.169 e. The molecule has 0 spiro atoms. The van der Waals surface area contributed by atoms with Gasteiger partial charge in [0.05, 0.1) is 16.4 Å². The van der Waals surface area contributed by atoms with Gasteiger partial charge in [-0.3, -0.25) is 4.40 Å². The number of fused-ring (bicyclic) bond motifs is 1. The lowest BCUT2D eigenvalue weighted by Crippen LogP contribution is -2.14. The summed E-state index contributed by atoms with van der Waals surface area (Å²) in [5.74, 6) is 0.564. The van der Waals surface area contributed by atoms with E-state index in [-0.39, 0.29) is 0 Å². The monoisotopic (exact) mass is 412 g/mol. The van der Waals surface area contributed by atoms with E-state index in [0.717, 1.165) is 11.1 Å². The lowest BCUT2D eigenvalue weighted by molar-refractivity contribution is 0.202. The first kappa shape index (κ1) is 18.7. The van der Waals surface area contributed by atoms with Crippen LogP contribution in [0.25, 0.3) is 16.9 Å². The molecule has 28 heavy (non-hydrogen) atoms. The summed E-state index contributed by atoms with van der Waals surface area (Å²) in [5.41, 5.74) is 4.64. The zero-order valence-corrected chi connectivity index (χ0v) is 16.8. The highest BCUT2D eigenvalue weighted by Crippen LogP contribution is 2.35. The average molecular weight is 413 g/mol. The van der Waals surface area contributed by atoms with Crippen LogP contribution in [0, 0.1) is 13.8 Å². The molecule has 0 aliphatic carbocycles. The number of aryl methyl sites for hydroxylation is 2. The molecule has 0 amide bonds. The molecule has 3 heterocycles. The molecule has 1 unspecified atom stereocenters. The van der Waals surface area contributed by atoms with Crippen molar-refractivity contribution in [3.63, 3.8) is 0 Å². The highest BCUT2D eigenvalue weighted by atomic mass is 35.5. The Balaban J connectivity index is 1.86. The molecule has 3 aromatic heterocycles. The molecule has 0 radical (unpaired) electrons. The lowest BCUT2D eigenvalue weighted by atomic mass is 10.1. The van der Waals surface area contributed by atoms with Crippen LogP contribution in [-0.2, 0) is 0 Å². The summed E-state index contributed by atoms with van der Waals surface area (Å²) in [6, 6.07) is 12.9. The fourth-order valence-corrected chi connectivity index (χ4v) is 3.57. The van der Waals surface area contributed by atoms with Crippen LogP contribution in [0.15, 0.2) is 54.9 Å². The molecule has 4 rings (SSSR count).